The molecule has 1 heterocycles. The van der Waals surface area contributed by atoms with E-state index in [0.29, 0.717) is 25.7 Å². The van der Waals surface area contributed by atoms with Crippen LogP contribution in [0.2, 0.25) is 0 Å². The molecule has 2 aromatic carbocycles. The molecule has 0 bridgehead atoms. The lowest BCUT2D eigenvalue weighted by Gasteiger charge is -2.26. The number of amides is 1. The summed E-state index contributed by atoms with van der Waals surface area (Å²) in [4.78, 5) is 19.4. The van der Waals surface area contributed by atoms with E-state index < -0.39 is 40.2 Å². The first-order valence-electron chi connectivity index (χ1n) is 9.74. The monoisotopic (exact) mass is 435 g/mol. The minimum absolute atomic E-state index is 0.0248. The molecule has 0 radical (unpaired) electrons. The van der Waals surface area contributed by atoms with Crippen LogP contribution in [0.3, 0.4) is 0 Å². The Labute approximate surface area is 177 Å². The molecular weight excluding hydrogens is 414 g/mol. The number of carbonyl (C=O) groups is 1. The molecule has 31 heavy (non-hydrogen) atoms. The summed E-state index contributed by atoms with van der Waals surface area (Å²) in [7, 11) is 0. The third-order valence-corrected chi connectivity index (χ3v) is 5.54. The van der Waals surface area contributed by atoms with Crippen LogP contribution in [0.15, 0.2) is 36.4 Å². The molecule has 0 aromatic heterocycles. The molecule has 1 unspecified atom stereocenters. The molecule has 1 amide bonds. The van der Waals surface area contributed by atoms with Gasteiger partial charge in [-0.3, -0.25) is 4.79 Å². The van der Waals surface area contributed by atoms with E-state index in [2.05, 4.69) is 4.85 Å². The standard InChI is InChI=1S/C22H21F4N3O2/c1-4-28(5-2)10-11-29-18-13-14(27-3)12-16(22(24,25)26)19(18)21(31,20(29)30)15-8-6-7-9-17(15)23/h6-9,12-13,31H,4-5,10-11H2,1-2H3. The summed E-state index contributed by atoms with van der Waals surface area (Å²) < 4.78 is 56.5. The van der Waals surface area contributed by atoms with Gasteiger partial charge in [0.25, 0.3) is 5.91 Å². The predicted octanol–water partition coefficient (Wildman–Crippen LogP) is 4.32. The molecule has 0 fully saturated rings. The maximum Gasteiger partial charge on any atom is 0.415 e. The van der Waals surface area contributed by atoms with Gasteiger partial charge in [-0.2, -0.15) is 13.2 Å². The summed E-state index contributed by atoms with van der Waals surface area (Å²) in [5, 5.41) is 11.4. The van der Waals surface area contributed by atoms with Crippen molar-refractivity contribution in [3.8, 4) is 0 Å². The number of fused-ring (bicyclic) bond motifs is 1. The topological polar surface area (TPSA) is 48.1 Å². The van der Waals surface area contributed by atoms with Gasteiger partial charge < -0.3 is 14.9 Å². The van der Waals surface area contributed by atoms with E-state index in [9.17, 15) is 27.5 Å². The highest BCUT2D eigenvalue weighted by Crippen LogP contribution is 2.52. The van der Waals surface area contributed by atoms with Crippen molar-refractivity contribution in [1.82, 2.24) is 4.90 Å². The second-order valence-electron chi connectivity index (χ2n) is 7.17. The first-order valence-corrected chi connectivity index (χ1v) is 9.74. The average molecular weight is 435 g/mol. The second-order valence-corrected chi connectivity index (χ2v) is 7.17. The molecule has 1 atom stereocenters. The molecule has 1 aliphatic rings. The van der Waals surface area contributed by atoms with E-state index in [1.165, 1.54) is 12.1 Å². The highest BCUT2D eigenvalue weighted by molar-refractivity contribution is 6.10. The van der Waals surface area contributed by atoms with E-state index in [-0.39, 0.29) is 17.9 Å². The van der Waals surface area contributed by atoms with Crippen LogP contribution in [0.25, 0.3) is 4.85 Å². The van der Waals surface area contributed by atoms with E-state index in [1.54, 1.807) is 0 Å². The molecule has 0 spiro atoms. The summed E-state index contributed by atoms with van der Waals surface area (Å²) in [6.07, 6.45) is -4.97. The van der Waals surface area contributed by atoms with E-state index >= 15 is 0 Å². The van der Waals surface area contributed by atoms with Crippen LogP contribution in [-0.4, -0.2) is 42.1 Å². The van der Waals surface area contributed by atoms with Gasteiger partial charge in [0, 0.05) is 29.9 Å². The number of anilines is 1. The largest absolute Gasteiger partial charge is 0.415 e. The van der Waals surface area contributed by atoms with Crippen molar-refractivity contribution >= 4 is 17.3 Å². The highest BCUT2D eigenvalue weighted by atomic mass is 19.4. The van der Waals surface area contributed by atoms with Crippen LogP contribution < -0.4 is 4.90 Å². The molecule has 2 aromatic rings. The summed E-state index contributed by atoms with van der Waals surface area (Å²) in [6, 6.07) is 6.43. The molecule has 164 valence electrons. The zero-order chi connectivity index (χ0) is 23.0. The van der Waals surface area contributed by atoms with Gasteiger partial charge in [-0.15, -0.1) is 0 Å². The van der Waals surface area contributed by atoms with Gasteiger partial charge in [0.15, 0.2) is 11.3 Å². The molecule has 3 rings (SSSR count). The van der Waals surface area contributed by atoms with Crippen LogP contribution >= 0.6 is 0 Å². The molecule has 1 N–H and O–H groups in total. The van der Waals surface area contributed by atoms with Crippen molar-refractivity contribution in [2.45, 2.75) is 25.6 Å². The molecule has 0 aliphatic carbocycles. The molecule has 0 saturated heterocycles. The molecule has 5 nitrogen and oxygen atoms in total. The lowest BCUT2D eigenvalue weighted by Crippen LogP contribution is -2.44. The molecule has 0 saturated carbocycles. The summed E-state index contributed by atoms with van der Waals surface area (Å²) in [5.41, 5.74) is -6.07. The number of rotatable bonds is 6. The van der Waals surface area contributed by atoms with Gasteiger partial charge in [-0.05, 0) is 31.3 Å². The van der Waals surface area contributed by atoms with E-state index in [4.69, 9.17) is 6.57 Å². The third kappa shape index (κ3) is 3.77. The summed E-state index contributed by atoms with van der Waals surface area (Å²) >= 11 is 0. The Morgan fingerprint density at radius 3 is 2.39 bits per heavy atom. The number of benzene rings is 2. The van der Waals surface area contributed by atoms with E-state index in [1.807, 2.05) is 18.7 Å². The van der Waals surface area contributed by atoms with E-state index in [0.717, 1.165) is 23.1 Å². The van der Waals surface area contributed by atoms with Crippen molar-refractivity contribution in [1.29, 1.82) is 0 Å². The number of hydrogen-bond donors (Lipinski definition) is 1. The maximum atomic E-state index is 14.6. The average Bonchev–Trinajstić information content (AvgIpc) is 2.95. The zero-order valence-electron chi connectivity index (χ0n) is 17.0. The fourth-order valence-electron chi connectivity index (χ4n) is 3.91. The van der Waals surface area contributed by atoms with Gasteiger partial charge in [0.1, 0.15) is 5.82 Å². The normalized spacial score (nSPS) is 18.4. The van der Waals surface area contributed by atoms with Crippen LogP contribution in [-0.2, 0) is 16.6 Å². The highest BCUT2D eigenvalue weighted by Gasteiger charge is 2.56. The second kappa shape index (κ2) is 8.29. The molecule has 9 heteroatoms. The number of alkyl halides is 3. The van der Waals surface area contributed by atoms with Crippen LogP contribution in [0.4, 0.5) is 28.9 Å². The van der Waals surface area contributed by atoms with Crippen molar-refractivity contribution in [2.24, 2.45) is 0 Å². The lowest BCUT2D eigenvalue weighted by atomic mass is 9.84. The quantitative estimate of drug-likeness (QED) is 0.543. The number of hydrogen-bond acceptors (Lipinski definition) is 3. The minimum atomic E-state index is -4.97. The Kier molecular flexibility index (Phi) is 6.07. The molecule has 1 aliphatic heterocycles. The van der Waals surface area contributed by atoms with Crippen molar-refractivity contribution in [2.75, 3.05) is 31.1 Å². The van der Waals surface area contributed by atoms with Crippen LogP contribution in [0.1, 0.15) is 30.5 Å². The van der Waals surface area contributed by atoms with Gasteiger partial charge in [0.2, 0.25) is 0 Å². The Morgan fingerprint density at radius 2 is 1.84 bits per heavy atom. The van der Waals surface area contributed by atoms with Crippen LogP contribution in [0, 0.1) is 12.4 Å². The predicted molar refractivity (Wildman–Crippen MR) is 107 cm³/mol. The van der Waals surface area contributed by atoms with Gasteiger partial charge in [-0.25, -0.2) is 9.24 Å². The Balaban J connectivity index is 2.29. The fourth-order valence-corrected chi connectivity index (χ4v) is 3.91. The van der Waals surface area contributed by atoms with Gasteiger partial charge >= 0.3 is 6.18 Å². The number of carbonyl (C=O) groups excluding carboxylic acids is 1. The number of nitrogens with zero attached hydrogens (tertiary/aromatic N) is 3. The maximum absolute atomic E-state index is 14.6. The van der Waals surface area contributed by atoms with Crippen LogP contribution in [0.5, 0.6) is 0 Å². The number of aliphatic hydroxyl groups is 1. The fraction of sp³-hybridized carbons (Fsp3) is 0.364. The Morgan fingerprint density at radius 1 is 1.19 bits per heavy atom. The SMILES string of the molecule is [C-]#[N+]c1cc2c(c(C(F)(F)F)c1)C(O)(c1ccccc1F)C(=O)N2CCN(CC)CC. The minimum Gasteiger partial charge on any atom is -0.372 e. The van der Waals surface area contributed by atoms with Gasteiger partial charge in [0.05, 0.1) is 12.1 Å². The zero-order valence-corrected chi connectivity index (χ0v) is 17.0. The van der Waals surface area contributed by atoms with Gasteiger partial charge in [-0.1, -0.05) is 32.0 Å². The first kappa shape index (κ1) is 22.7. The Bertz CT molecular complexity index is 1040. The van der Waals surface area contributed by atoms with Crippen molar-refractivity contribution < 1.29 is 27.5 Å². The number of likely N-dealkylation sites (N-methyl/N-ethyl adjacent to an activating group) is 1. The Hall–Kier alpha value is -2.96. The number of halogens is 4. The first-order chi connectivity index (χ1) is 14.6. The lowest BCUT2D eigenvalue weighted by molar-refractivity contribution is -0.142. The third-order valence-electron chi connectivity index (χ3n) is 5.54. The summed E-state index contributed by atoms with van der Waals surface area (Å²) in [5.74, 6) is -2.08. The van der Waals surface area contributed by atoms with Crippen molar-refractivity contribution in [3.63, 3.8) is 0 Å². The summed E-state index contributed by atoms with van der Waals surface area (Å²) in [6.45, 7) is 12.6. The van der Waals surface area contributed by atoms with Crippen molar-refractivity contribution in [3.05, 3.63) is 70.3 Å². The smallest absolute Gasteiger partial charge is 0.372 e. The molecular formula is C22H21F4N3O2.